The number of ether oxygens (including phenoxy) is 1. The molecule has 0 amide bonds. The first-order chi connectivity index (χ1) is 16.1. The van der Waals surface area contributed by atoms with Crippen LogP contribution in [0.2, 0.25) is 0 Å². The highest BCUT2D eigenvalue weighted by Gasteiger charge is 2.09. The number of methoxy groups -OCH3 is 1. The number of hydrogen-bond donors (Lipinski definition) is 1. The summed E-state index contributed by atoms with van der Waals surface area (Å²) in [6, 6.07) is 26.3. The van der Waals surface area contributed by atoms with E-state index in [4.69, 9.17) is 9.15 Å². The molecule has 0 aliphatic rings. The largest absolute Gasteiger partial charge is 0.497 e. The fraction of sp³-hybridized carbons (Fsp3) is 0.0741. The molecule has 5 aromatic rings. The summed E-state index contributed by atoms with van der Waals surface area (Å²) in [6.45, 7) is 2.05. The second-order valence-electron chi connectivity index (χ2n) is 7.71. The fourth-order valence-electron chi connectivity index (χ4n) is 3.55. The molecule has 1 N–H and O–H groups in total. The van der Waals surface area contributed by atoms with E-state index in [0.29, 0.717) is 28.3 Å². The zero-order chi connectivity index (χ0) is 22.8. The van der Waals surface area contributed by atoms with Crippen molar-refractivity contribution in [3.05, 3.63) is 101 Å². The molecule has 0 saturated carbocycles. The first-order valence-electron chi connectivity index (χ1n) is 10.5. The molecular weight excluding hydrogens is 414 g/mol. The van der Waals surface area contributed by atoms with E-state index in [-0.39, 0.29) is 5.43 Å². The first kappa shape index (κ1) is 20.5. The molecule has 5 rings (SSSR count). The summed E-state index contributed by atoms with van der Waals surface area (Å²) >= 11 is 0. The van der Waals surface area contributed by atoms with E-state index < -0.39 is 0 Å². The highest BCUT2D eigenvalue weighted by atomic mass is 16.5. The number of nitrogens with zero attached hydrogens (tertiary/aromatic N) is 2. The van der Waals surface area contributed by atoms with Crippen LogP contribution in [0.3, 0.4) is 0 Å². The summed E-state index contributed by atoms with van der Waals surface area (Å²) in [5, 5.41) is 12.3. The summed E-state index contributed by atoms with van der Waals surface area (Å²) in [6.07, 6.45) is 0. The van der Waals surface area contributed by atoms with Crippen LogP contribution in [-0.2, 0) is 0 Å². The Morgan fingerprint density at radius 1 is 0.818 bits per heavy atom. The third-order valence-corrected chi connectivity index (χ3v) is 5.39. The van der Waals surface area contributed by atoms with Crippen molar-refractivity contribution in [2.24, 2.45) is 0 Å². The van der Waals surface area contributed by atoms with Crippen LogP contribution in [0.15, 0.2) is 94.1 Å². The van der Waals surface area contributed by atoms with Gasteiger partial charge in [-0.05, 0) is 61.5 Å². The van der Waals surface area contributed by atoms with Crippen molar-refractivity contribution in [3.8, 4) is 28.3 Å². The van der Waals surface area contributed by atoms with E-state index in [1.165, 1.54) is 11.6 Å². The number of nitrogens with one attached hydrogen (secondary N) is 1. The zero-order valence-electron chi connectivity index (χ0n) is 18.2. The van der Waals surface area contributed by atoms with Gasteiger partial charge in [-0.15, -0.1) is 10.2 Å². The van der Waals surface area contributed by atoms with Crippen molar-refractivity contribution in [1.29, 1.82) is 0 Å². The number of anilines is 2. The van der Waals surface area contributed by atoms with Gasteiger partial charge in [-0.1, -0.05) is 29.8 Å². The van der Waals surface area contributed by atoms with E-state index in [0.717, 1.165) is 22.5 Å². The Morgan fingerprint density at radius 3 is 2.27 bits per heavy atom. The van der Waals surface area contributed by atoms with Crippen molar-refractivity contribution in [2.75, 3.05) is 12.4 Å². The summed E-state index contributed by atoms with van der Waals surface area (Å²) in [5.74, 6) is 1.77. The van der Waals surface area contributed by atoms with Gasteiger partial charge in [0.1, 0.15) is 17.1 Å². The monoisotopic (exact) mass is 435 g/mol. The lowest BCUT2D eigenvalue weighted by atomic mass is 10.1. The molecule has 3 aromatic carbocycles. The summed E-state index contributed by atoms with van der Waals surface area (Å²) in [4.78, 5) is 12.6. The maximum Gasteiger partial charge on any atom is 0.193 e. The molecule has 0 unspecified atom stereocenters. The van der Waals surface area contributed by atoms with Crippen LogP contribution in [0, 0.1) is 6.92 Å². The van der Waals surface area contributed by atoms with Crippen molar-refractivity contribution < 1.29 is 9.15 Å². The Bertz CT molecular complexity index is 1470. The van der Waals surface area contributed by atoms with Gasteiger partial charge in [-0.3, -0.25) is 4.79 Å². The van der Waals surface area contributed by atoms with Crippen LogP contribution < -0.4 is 15.5 Å². The van der Waals surface area contributed by atoms with Gasteiger partial charge in [0.25, 0.3) is 0 Å². The van der Waals surface area contributed by atoms with Crippen LogP contribution >= 0.6 is 0 Å². The number of fused-ring (bicyclic) bond motifs is 1. The van der Waals surface area contributed by atoms with Gasteiger partial charge in [-0.25, -0.2) is 0 Å². The lowest BCUT2D eigenvalue weighted by Crippen LogP contribution is -2.01. The lowest BCUT2D eigenvalue weighted by molar-refractivity contribution is 0.415. The standard InChI is InChI=1S/C27H21N3O3/c1-17-3-5-18(6-4-17)23-12-14-27(30-29-23)28-20-9-7-19(8-10-20)26-16-24(31)22-15-21(32-2)11-13-25(22)33-26/h3-16H,1-2H3,(H,28,30). The predicted molar refractivity (Wildman–Crippen MR) is 130 cm³/mol. The quantitative estimate of drug-likeness (QED) is 0.366. The van der Waals surface area contributed by atoms with E-state index in [1.54, 1.807) is 25.3 Å². The van der Waals surface area contributed by atoms with Gasteiger partial charge in [0, 0.05) is 22.9 Å². The number of hydrogen-bond acceptors (Lipinski definition) is 6. The zero-order valence-corrected chi connectivity index (χ0v) is 18.2. The van der Waals surface area contributed by atoms with E-state index in [9.17, 15) is 4.79 Å². The lowest BCUT2D eigenvalue weighted by Gasteiger charge is -2.08. The van der Waals surface area contributed by atoms with Crippen LogP contribution in [0.25, 0.3) is 33.6 Å². The number of aryl methyl sites for hydroxylation is 1. The van der Waals surface area contributed by atoms with Gasteiger partial charge >= 0.3 is 0 Å². The second kappa shape index (κ2) is 8.59. The molecule has 2 aromatic heterocycles. The minimum Gasteiger partial charge on any atom is -0.497 e. The number of benzene rings is 3. The van der Waals surface area contributed by atoms with E-state index in [2.05, 4.69) is 34.6 Å². The molecule has 33 heavy (non-hydrogen) atoms. The molecule has 0 spiro atoms. The van der Waals surface area contributed by atoms with Crippen molar-refractivity contribution in [1.82, 2.24) is 10.2 Å². The average Bonchev–Trinajstić information content (AvgIpc) is 2.85. The Labute approximate surface area is 190 Å². The average molecular weight is 435 g/mol. The third-order valence-electron chi connectivity index (χ3n) is 5.39. The molecule has 0 bridgehead atoms. The molecule has 0 radical (unpaired) electrons. The highest BCUT2D eigenvalue weighted by molar-refractivity contribution is 5.80. The van der Waals surface area contributed by atoms with Crippen LogP contribution in [0.1, 0.15) is 5.56 Å². The van der Waals surface area contributed by atoms with Crippen molar-refractivity contribution in [2.45, 2.75) is 6.92 Å². The molecule has 0 aliphatic heterocycles. The minimum atomic E-state index is -0.115. The topological polar surface area (TPSA) is 77.2 Å². The van der Waals surface area contributed by atoms with E-state index in [1.807, 2.05) is 48.5 Å². The molecule has 6 heteroatoms. The molecule has 0 atom stereocenters. The van der Waals surface area contributed by atoms with Gasteiger partial charge in [-0.2, -0.15) is 0 Å². The molecule has 162 valence electrons. The van der Waals surface area contributed by atoms with Crippen molar-refractivity contribution in [3.63, 3.8) is 0 Å². The van der Waals surface area contributed by atoms with Crippen molar-refractivity contribution >= 4 is 22.5 Å². The van der Waals surface area contributed by atoms with E-state index >= 15 is 0 Å². The number of aromatic nitrogens is 2. The molecular formula is C27H21N3O3. The Morgan fingerprint density at radius 2 is 1.58 bits per heavy atom. The van der Waals surface area contributed by atoms with Gasteiger partial charge in [0.05, 0.1) is 18.2 Å². The molecule has 6 nitrogen and oxygen atoms in total. The summed E-state index contributed by atoms with van der Waals surface area (Å²) < 4.78 is 11.1. The fourth-order valence-corrected chi connectivity index (χ4v) is 3.55. The maximum atomic E-state index is 12.6. The minimum absolute atomic E-state index is 0.115. The maximum absolute atomic E-state index is 12.6. The van der Waals surface area contributed by atoms with Crippen LogP contribution in [0.5, 0.6) is 5.75 Å². The molecule has 0 saturated heterocycles. The SMILES string of the molecule is COc1ccc2oc(-c3ccc(Nc4ccc(-c5ccc(C)cc5)nn4)cc3)cc(=O)c2c1. The van der Waals surface area contributed by atoms with Crippen LogP contribution in [0.4, 0.5) is 11.5 Å². The van der Waals surface area contributed by atoms with Crippen LogP contribution in [-0.4, -0.2) is 17.3 Å². The summed E-state index contributed by atoms with van der Waals surface area (Å²) in [7, 11) is 1.57. The van der Waals surface area contributed by atoms with Gasteiger partial charge < -0.3 is 14.5 Å². The second-order valence-corrected chi connectivity index (χ2v) is 7.71. The van der Waals surface area contributed by atoms with Gasteiger partial charge in [0.2, 0.25) is 0 Å². The Hall–Kier alpha value is -4.45. The number of rotatable bonds is 5. The molecule has 0 fully saturated rings. The smallest absolute Gasteiger partial charge is 0.193 e. The predicted octanol–water partition coefficient (Wildman–Crippen LogP) is 5.98. The normalized spacial score (nSPS) is 10.8. The Balaban J connectivity index is 1.34. The molecule has 2 heterocycles. The molecule has 0 aliphatic carbocycles. The van der Waals surface area contributed by atoms with Gasteiger partial charge in [0.15, 0.2) is 11.2 Å². The summed E-state index contributed by atoms with van der Waals surface area (Å²) in [5.41, 5.74) is 5.11. The Kier molecular flexibility index (Phi) is 5.32. The third kappa shape index (κ3) is 4.32. The first-order valence-corrected chi connectivity index (χ1v) is 10.5. The highest BCUT2D eigenvalue weighted by Crippen LogP contribution is 2.26.